The van der Waals surface area contributed by atoms with Gasteiger partial charge < -0.3 is 9.80 Å². The van der Waals surface area contributed by atoms with Crippen LogP contribution in [0.5, 0.6) is 0 Å². The fourth-order valence-electron chi connectivity index (χ4n) is 2.45. The molecule has 0 aliphatic rings. The molecule has 2 rings (SSSR count). The number of halogens is 2. The molecule has 24 heavy (non-hydrogen) atoms. The maximum Gasteiger partial charge on any atom is 0.228 e. The molecule has 0 N–H and O–H groups in total. The summed E-state index contributed by atoms with van der Waals surface area (Å²) in [5.74, 6) is 1.01. The number of aromatic nitrogens is 2. The molecule has 0 aliphatic heterocycles. The van der Waals surface area contributed by atoms with Crippen LogP contribution in [0.1, 0.15) is 31.1 Å². The summed E-state index contributed by atoms with van der Waals surface area (Å²) in [4.78, 5) is 24.3. The molecule has 7 heteroatoms. The van der Waals surface area contributed by atoms with Crippen LogP contribution in [-0.2, 0) is 0 Å². The second-order valence-corrected chi connectivity index (χ2v) is 5.86. The summed E-state index contributed by atoms with van der Waals surface area (Å²) < 4.78 is 0. The van der Waals surface area contributed by atoms with Gasteiger partial charge in [0, 0.05) is 30.3 Å². The number of anilines is 3. The highest BCUT2D eigenvalue weighted by molar-refractivity contribution is 6.32. The SMILES string of the molecule is CCN(CC)c1nc(Cl)c(C=O)c(N(CC)c2ccc(Cl)cc2)n1. The van der Waals surface area contributed by atoms with Crippen LogP contribution in [0.15, 0.2) is 24.3 Å². The summed E-state index contributed by atoms with van der Waals surface area (Å²) in [7, 11) is 0. The van der Waals surface area contributed by atoms with Crippen LogP contribution < -0.4 is 9.80 Å². The lowest BCUT2D eigenvalue weighted by Gasteiger charge is -2.26. The number of nitrogens with zero attached hydrogens (tertiary/aromatic N) is 4. The van der Waals surface area contributed by atoms with E-state index in [9.17, 15) is 4.79 Å². The smallest absolute Gasteiger partial charge is 0.228 e. The van der Waals surface area contributed by atoms with Crippen LogP contribution in [0.3, 0.4) is 0 Å². The molecular formula is C17H20Cl2N4O. The minimum Gasteiger partial charge on any atom is -0.341 e. The first-order valence-corrected chi connectivity index (χ1v) is 8.61. The lowest BCUT2D eigenvalue weighted by atomic mass is 10.2. The molecule has 0 unspecified atom stereocenters. The summed E-state index contributed by atoms with van der Waals surface area (Å²) in [5.41, 5.74) is 1.16. The maximum atomic E-state index is 11.5. The molecule has 2 aromatic rings. The molecule has 1 aromatic carbocycles. The predicted octanol–water partition coefficient (Wildman–Crippen LogP) is 4.60. The number of hydrogen-bond donors (Lipinski definition) is 0. The molecule has 0 spiro atoms. The number of hydrogen-bond acceptors (Lipinski definition) is 5. The molecule has 0 atom stereocenters. The highest BCUT2D eigenvalue weighted by atomic mass is 35.5. The highest BCUT2D eigenvalue weighted by Crippen LogP contribution is 2.31. The van der Waals surface area contributed by atoms with Crippen molar-refractivity contribution in [1.82, 2.24) is 9.97 Å². The lowest BCUT2D eigenvalue weighted by molar-refractivity contribution is 0.112. The van der Waals surface area contributed by atoms with Crippen molar-refractivity contribution in [3.8, 4) is 0 Å². The second kappa shape index (κ2) is 8.31. The minimum atomic E-state index is 0.157. The minimum absolute atomic E-state index is 0.157. The van der Waals surface area contributed by atoms with Gasteiger partial charge in [-0.1, -0.05) is 23.2 Å². The van der Waals surface area contributed by atoms with Gasteiger partial charge in [-0.15, -0.1) is 0 Å². The molecule has 0 saturated heterocycles. The largest absolute Gasteiger partial charge is 0.341 e. The van der Waals surface area contributed by atoms with E-state index in [-0.39, 0.29) is 10.7 Å². The second-order valence-electron chi connectivity index (χ2n) is 5.06. The Morgan fingerprint density at radius 2 is 1.62 bits per heavy atom. The van der Waals surface area contributed by atoms with Crippen LogP contribution in [0.4, 0.5) is 17.5 Å². The van der Waals surface area contributed by atoms with E-state index in [1.165, 1.54) is 0 Å². The molecule has 0 bridgehead atoms. The van der Waals surface area contributed by atoms with Gasteiger partial charge in [0.15, 0.2) is 12.1 Å². The molecule has 1 heterocycles. The van der Waals surface area contributed by atoms with Crippen molar-refractivity contribution in [3.05, 3.63) is 40.0 Å². The quantitative estimate of drug-likeness (QED) is 0.529. The molecule has 0 amide bonds. The van der Waals surface area contributed by atoms with E-state index in [4.69, 9.17) is 23.2 Å². The molecule has 5 nitrogen and oxygen atoms in total. The zero-order chi connectivity index (χ0) is 17.7. The maximum absolute atomic E-state index is 11.5. The Bertz CT molecular complexity index is 702. The first-order valence-electron chi connectivity index (χ1n) is 7.86. The van der Waals surface area contributed by atoms with Gasteiger partial charge in [0.05, 0.1) is 5.56 Å². The molecule has 0 radical (unpaired) electrons. The van der Waals surface area contributed by atoms with Crippen molar-refractivity contribution < 1.29 is 4.79 Å². The Balaban J connectivity index is 2.60. The number of aldehydes is 1. The average Bonchev–Trinajstić information content (AvgIpc) is 2.58. The van der Waals surface area contributed by atoms with Gasteiger partial charge in [-0.25, -0.2) is 4.98 Å². The number of benzene rings is 1. The van der Waals surface area contributed by atoms with Gasteiger partial charge in [-0.05, 0) is 45.0 Å². The normalized spacial score (nSPS) is 10.5. The van der Waals surface area contributed by atoms with E-state index >= 15 is 0 Å². The van der Waals surface area contributed by atoms with E-state index in [1.807, 2.05) is 42.7 Å². The third kappa shape index (κ3) is 3.79. The monoisotopic (exact) mass is 366 g/mol. The Hall–Kier alpha value is -1.85. The summed E-state index contributed by atoms with van der Waals surface area (Å²) >= 11 is 12.2. The molecule has 0 fully saturated rings. The summed E-state index contributed by atoms with van der Waals surface area (Å²) in [6.45, 7) is 8.14. The van der Waals surface area contributed by atoms with E-state index < -0.39 is 0 Å². The number of carbonyl (C=O) groups is 1. The van der Waals surface area contributed by atoms with Crippen molar-refractivity contribution in [2.45, 2.75) is 20.8 Å². The Labute approximate surface area is 152 Å². The van der Waals surface area contributed by atoms with Crippen LogP contribution >= 0.6 is 23.2 Å². The Morgan fingerprint density at radius 1 is 1.00 bits per heavy atom. The highest BCUT2D eigenvalue weighted by Gasteiger charge is 2.20. The fourth-order valence-corrected chi connectivity index (χ4v) is 2.78. The van der Waals surface area contributed by atoms with Crippen molar-refractivity contribution in [2.75, 3.05) is 29.4 Å². The van der Waals surface area contributed by atoms with E-state index in [2.05, 4.69) is 9.97 Å². The van der Waals surface area contributed by atoms with Crippen molar-refractivity contribution in [2.24, 2.45) is 0 Å². The Morgan fingerprint density at radius 3 is 2.12 bits per heavy atom. The molecule has 0 aliphatic carbocycles. The Kier molecular flexibility index (Phi) is 6.40. The summed E-state index contributed by atoms with van der Waals surface area (Å²) in [5, 5.41) is 0.805. The van der Waals surface area contributed by atoms with Crippen molar-refractivity contribution >= 4 is 46.9 Å². The molecular weight excluding hydrogens is 347 g/mol. The number of carbonyl (C=O) groups excluding carboxylic acids is 1. The van der Waals surface area contributed by atoms with Gasteiger partial charge in [0.2, 0.25) is 5.95 Å². The van der Waals surface area contributed by atoms with Gasteiger partial charge >= 0.3 is 0 Å². The summed E-state index contributed by atoms with van der Waals surface area (Å²) in [6, 6.07) is 7.36. The third-order valence-corrected chi connectivity index (χ3v) is 4.28. The topological polar surface area (TPSA) is 49.3 Å². The average molecular weight is 367 g/mol. The molecule has 1 aromatic heterocycles. The summed E-state index contributed by atoms with van der Waals surface area (Å²) in [6.07, 6.45) is 0.697. The van der Waals surface area contributed by atoms with Crippen molar-refractivity contribution in [1.29, 1.82) is 0 Å². The first-order chi connectivity index (χ1) is 11.5. The zero-order valence-electron chi connectivity index (χ0n) is 14.0. The van der Waals surface area contributed by atoms with Crippen LogP contribution in [0, 0.1) is 0 Å². The van der Waals surface area contributed by atoms with Gasteiger partial charge in [-0.3, -0.25) is 4.79 Å². The third-order valence-electron chi connectivity index (χ3n) is 3.74. The van der Waals surface area contributed by atoms with E-state index in [1.54, 1.807) is 12.1 Å². The predicted molar refractivity (Wildman–Crippen MR) is 100 cm³/mol. The molecule has 0 saturated carbocycles. The standard InChI is InChI=1S/C17H20Cl2N4O/c1-4-22(5-2)17-20-15(19)14(11-24)16(21-17)23(6-3)13-9-7-12(18)8-10-13/h7-11H,4-6H2,1-3H3. The van der Waals surface area contributed by atoms with Crippen LogP contribution in [-0.4, -0.2) is 35.9 Å². The van der Waals surface area contributed by atoms with E-state index in [0.29, 0.717) is 29.6 Å². The molecule has 128 valence electrons. The van der Waals surface area contributed by atoms with E-state index in [0.717, 1.165) is 18.8 Å². The fraction of sp³-hybridized carbons (Fsp3) is 0.353. The van der Waals surface area contributed by atoms with Crippen molar-refractivity contribution in [3.63, 3.8) is 0 Å². The van der Waals surface area contributed by atoms with Gasteiger partial charge in [0.25, 0.3) is 0 Å². The zero-order valence-corrected chi connectivity index (χ0v) is 15.5. The van der Waals surface area contributed by atoms with Crippen LogP contribution in [0.25, 0.3) is 0 Å². The van der Waals surface area contributed by atoms with Crippen LogP contribution in [0.2, 0.25) is 10.2 Å². The lowest BCUT2D eigenvalue weighted by Crippen LogP contribution is -2.27. The van der Waals surface area contributed by atoms with Gasteiger partial charge in [0.1, 0.15) is 5.15 Å². The number of rotatable bonds is 7. The first kappa shape index (κ1) is 18.5. The van der Waals surface area contributed by atoms with Gasteiger partial charge in [-0.2, -0.15) is 4.98 Å².